The van der Waals surface area contributed by atoms with Gasteiger partial charge in [0.05, 0.1) is 23.1 Å². The standard InChI is InChI=1S/C12H14Cl2O3/c1-17-12(16)9(3-2-6-15)8-4-5-10(13)11(14)7-8/h4-5,7,9,15H,2-3,6H2,1H3. The molecule has 17 heavy (non-hydrogen) atoms. The summed E-state index contributed by atoms with van der Waals surface area (Å²) in [6.45, 7) is 0.0365. The van der Waals surface area contributed by atoms with Crippen molar-refractivity contribution in [2.45, 2.75) is 18.8 Å². The first-order chi connectivity index (χ1) is 8.10. The smallest absolute Gasteiger partial charge is 0.313 e. The molecule has 0 aliphatic carbocycles. The zero-order valence-corrected chi connectivity index (χ0v) is 11.0. The lowest BCUT2D eigenvalue weighted by Gasteiger charge is -2.15. The van der Waals surface area contributed by atoms with E-state index in [1.807, 2.05) is 0 Å². The fourth-order valence-corrected chi connectivity index (χ4v) is 1.89. The zero-order chi connectivity index (χ0) is 12.8. The van der Waals surface area contributed by atoms with Gasteiger partial charge < -0.3 is 9.84 Å². The second-order valence-corrected chi connectivity index (χ2v) is 4.43. The second-order valence-electron chi connectivity index (χ2n) is 3.62. The Morgan fingerprint density at radius 1 is 1.41 bits per heavy atom. The van der Waals surface area contributed by atoms with Crippen molar-refractivity contribution in [3.63, 3.8) is 0 Å². The molecule has 5 heteroatoms. The minimum absolute atomic E-state index is 0.0365. The van der Waals surface area contributed by atoms with Gasteiger partial charge in [-0.05, 0) is 30.5 Å². The van der Waals surface area contributed by atoms with E-state index in [1.54, 1.807) is 18.2 Å². The van der Waals surface area contributed by atoms with Crippen molar-refractivity contribution >= 4 is 29.2 Å². The van der Waals surface area contributed by atoms with Gasteiger partial charge in [-0.3, -0.25) is 4.79 Å². The first kappa shape index (κ1) is 14.3. The number of methoxy groups -OCH3 is 1. The topological polar surface area (TPSA) is 46.5 Å². The normalized spacial score (nSPS) is 12.2. The van der Waals surface area contributed by atoms with Crippen molar-refractivity contribution in [2.75, 3.05) is 13.7 Å². The Balaban J connectivity index is 2.95. The van der Waals surface area contributed by atoms with Crippen LogP contribution >= 0.6 is 23.2 Å². The monoisotopic (exact) mass is 276 g/mol. The average molecular weight is 277 g/mol. The van der Waals surface area contributed by atoms with Crippen LogP contribution in [0.5, 0.6) is 0 Å². The van der Waals surface area contributed by atoms with Gasteiger partial charge in [0.25, 0.3) is 0 Å². The lowest BCUT2D eigenvalue weighted by molar-refractivity contribution is -0.142. The summed E-state index contributed by atoms with van der Waals surface area (Å²) in [5, 5.41) is 9.67. The molecule has 0 spiro atoms. The number of carbonyl (C=O) groups is 1. The first-order valence-electron chi connectivity index (χ1n) is 5.23. The molecule has 0 saturated carbocycles. The summed E-state index contributed by atoms with van der Waals surface area (Å²) in [5.74, 6) is -0.751. The van der Waals surface area contributed by atoms with E-state index >= 15 is 0 Å². The van der Waals surface area contributed by atoms with Crippen molar-refractivity contribution in [3.05, 3.63) is 33.8 Å². The van der Waals surface area contributed by atoms with E-state index < -0.39 is 5.92 Å². The number of hydrogen-bond acceptors (Lipinski definition) is 3. The van der Waals surface area contributed by atoms with E-state index in [1.165, 1.54) is 7.11 Å². The highest BCUT2D eigenvalue weighted by atomic mass is 35.5. The van der Waals surface area contributed by atoms with Gasteiger partial charge in [-0.15, -0.1) is 0 Å². The molecule has 0 bridgehead atoms. The number of ether oxygens (including phenoxy) is 1. The van der Waals surface area contributed by atoms with Crippen LogP contribution in [0.4, 0.5) is 0 Å². The van der Waals surface area contributed by atoms with Gasteiger partial charge >= 0.3 is 5.97 Å². The molecule has 1 atom stereocenters. The Kier molecular flexibility index (Phi) is 5.75. The molecule has 0 radical (unpaired) electrons. The maximum absolute atomic E-state index is 11.6. The number of esters is 1. The number of rotatable bonds is 5. The molecular weight excluding hydrogens is 263 g/mol. The molecular formula is C12H14Cl2O3. The maximum Gasteiger partial charge on any atom is 0.313 e. The van der Waals surface area contributed by atoms with Crippen molar-refractivity contribution in [1.82, 2.24) is 0 Å². The van der Waals surface area contributed by atoms with Crippen LogP contribution < -0.4 is 0 Å². The third-order valence-electron chi connectivity index (χ3n) is 2.48. The van der Waals surface area contributed by atoms with Crippen LogP contribution in [0.25, 0.3) is 0 Å². The van der Waals surface area contributed by atoms with E-state index in [4.69, 9.17) is 33.0 Å². The van der Waals surface area contributed by atoms with Crippen LogP contribution in [0.2, 0.25) is 10.0 Å². The van der Waals surface area contributed by atoms with E-state index in [9.17, 15) is 4.79 Å². The highest BCUT2D eigenvalue weighted by molar-refractivity contribution is 6.42. The predicted molar refractivity (Wildman–Crippen MR) is 67.5 cm³/mol. The zero-order valence-electron chi connectivity index (χ0n) is 9.45. The summed E-state index contributed by atoms with van der Waals surface area (Å²) >= 11 is 11.7. The van der Waals surface area contributed by atoms with Gasteiger partial charge in [0.2, 0.25) is 0 Å². The Hall–Kier alpha value is -0.770. The molecule has 94 valence electrons. The number of carbonyl (C=O) groups excluding carboxylic acids is 1. The number of aliphatic hydroxyl groups is 1. The van der Waals surface area contributed by atoms with E-state index in [0.29, 0.717) is 22.9 Å². The fourth-order valence-electron chi connectivity index (χ4n) is 1.59. The van der Waals surface area contributed by atoms with Crippen LogP contribution in [-0.4, -0.2) is 24.8 Å². The highest BCUT2D eigenvalue weighted by Gasteiger charge is 2.21. The Bertz CT molecular complexity index is 393. The number of halogens is 2. The summed E-state index contributed by atoms with van der Waals surface area (Å²) < 4.78 is 4.74. The third kappa shape index (κ3) is 3.87. The molecule has 0 amide bonds. The summed E-state index contributed by atoms with van der Waals surface area (Å²) in [5.41, 5.74) is 0.750. The van der Waals surface area contributed by atoms with E-state index in [0.717, 1.165) is 5.56 Å². The molecule has 0 saturated heterocycles. The van der Waals surface area contributed by atoms with E-state index in [2.05, 4.69) is 0 Å². The van der Waals surface area contributed by atoms with Crippen molar-refractivity contribution in [1.29, 1.82) is 0 Å². The summed E-state index contributed by atoms with van der Waals surface area (Å²) in [6, 6.07) is 5.05. The minimum atomic E-state index is -0.415. The van der Waals surface area contributed by atoms with Crippen LogP contribution in [-0.2, 0) is 9.53 Å². The van der Waals surface area contributed by atoms with Gasteiger partial charge in [-0.25, -0.2) is 0 Å². The molecule has 0 fully saturated rings. The molecule has 1 rings (SSSR count). The average Bonchev–Trinajstić information content (AvgIpc) is 2.33. The quantitative estimate of drug-likeness (QED) is 0.841. The minimum Gasteiger partial charge on any atom is -0.469 e. The molecule has 0 aromatic heterocycles. The lowest BCUT2D eigenvalue weighted by Crippen LogP contribution is -2.14. The fraction of sp³-hybridized carbons (Fsp3) is 0.417. The highest BCUT2D eigenvalue weighted by Crippen LogP contribution is 2.29. The van der Waals surface area contributed by atoms with Crippen LogP contribution in [0.3, 0.4) is 0 Å². The molecule has 1 unspecified atom stereocenters. The molecule has 0 heterocycles. The van der Waals surface area contributed by atoms with E-state index in [-0.39, 0.29) is 12.6 Å². The lowest BCUT2D eigenvalue weighted by atomic mass is 9.94. The van der Waals surface area contributed by atoms with Gasteiger partial charge in [0.1, 0.15) is 0 Å². The maximum atomic E-state index is 11.6. The Morgan fingerprint density at radius 2 is 2.12 bits per heavy atom. The molecule has 1 aromatic rings. The predicted octanol–water partition coefficient (Wildman–Crippen LogP) is 3.02. The molecule has 0 aliphatic rings. The first-order valence-corrected chi connectivity index (χ1v) is 5.99. The molecule has 1 N–H and O–H groups in total. The molecule has 3 nitrogen and oxygen atoms in total. The Labute approximate surface area is 110 Å². The van der Waals surface area contributed by atoms with Crippen molar-refractivity contribution in [2.24, 2.45) is 0 Å². The Morgan fingerprint density at radius 3 is 2.65 bits per heavy atom. The largest absolute Gasteiger partial charge is 0.469 e. The van der Waals surface area contributed by atoms with Crippen LogP contribution in [0.15, 0.2) is 18.2 Å². The van der Waals surface area contributed by atoms with Crippen LogP contribution in [0, 0.1) is 0 Å². The number of hydrogen-bond donors (Lipinski definition) is 1. The molecule has 0 aliphatic heterocycles. The third-order valence-corrected chi connectivity index (χ3v) is 3.22. The summed E-state index contributed by atoms with van der Waals surface area (Å²) in [6.07, 6.45) is 1.04. The number of aliphatic hydroxyl groups excluding tert-OH is 1. The van der Waals surface area contributed by atoms with Crippen LogP contribution in [0.1, 0.15) is 24.3 Å². The van der Waals surface area contributed by atoms with Crippen molar-refractivity contribution < 1.29 is 14.6 Å². The number of benzene rings is 1. The van der Waals surface area contributed by atoms with Crippen molar-refractivity contribution in [3.8, 4) is 0 Å². The van der Waals surface area contributed by atoms with Gasteiger partial charge in [0.15, 0.2) is 0 Å². The van der Waals surface area contributed by atoms with Gasteiger partial charge in [-0.1, -0.05) is 29.3 Å². The summed E-state index contributed by atoms with van der Waals surface area (Å²) in [7, 11) is 1.34. The van der Waals surface area contributed by atoms with Gasteiger partial charge in [-0.2, -0.15) is 0 Å². The second kappa shape index (κ2) is 6.84. The summed E-state index contributed by atoms with van der Waals surface area (Å²) in [4.78, 5) is 11.6. The van der Waals surface area contributed by atoms with Gasteiger partial charge in [0, 0.05) is 6.61 Å². The molecule has 1 aromatic carbocycles. The SMILES string of the molecule is COC(=O)C(CCCO)c1ccc(Cl)c(Cl)c1.